The van der Waals surface area contributed by atoms with E-state index in [1.807, 2.05) is 25.1 Å². The zero-order valence-electron chi connectivity index (χ0n) is 12.0. The Morgan fingerprint density at radius 1 is 1.05 bits per heavy atom. The van der Waals surface area contributed by atoms with Crippen molar-refractivity contribution >= 4 is 29.1 Å². The van der Waals surface area contributed by atoms with Gasteiger partial charge in [0.15, 0.2) is 0 Å². The Morgan fingerprint density at radius 3 is 2.38 bits per heavy atom. The maximum atomic E-state index is 6.26. The van der Waals surface area contributed by atoms with Crippen molar-refractivity contribution in [2.45, 2.75) is 6.92 Å². The molecule has 6 heteroatoms. The summed E-state index contributed by atoms with van der Waals surface area (Å²) in [7, 11) is 0. The number of aryl methyl sites for hydroxylation is 1. The third kappa shape index (κ3) is 3.03. The van der Waals surface area contributed by atoms with Crippen LogP contribution in [-0.2, 0) is 0 Å². The molecule has 110 valence electrons. The molecule has 21 heavy (non-hydrogen) atoms. The quantitative estimate of drug-likeness (QED) is 0.923. The van der Waals surface area contributed by atoms with Crippen LogP contribution in [0.25, 0.3) is 0 Å². The summed E-state index contributed by atoms with van der Waals surface area (Å²) in [4.78, 5) is 13.2. The molecule has 1 fully saturated rings. The summed E-state index contributed by atoms with van der Waals surface area (Å²) < 4.78 is 0. The summed E-state index contributed by atoms with van der Waals surface area (Å²) in [6, 6.07) is 9.72. The fourth-order valence-electron chi connectivity index (χ4n) is 2.57. The average molecular weight is 304 g/mol. The summed E-state index contributed by atoms with van der Waals surface area (Å²) in [5, 5.41) is 0.794. The SMILES string of the molecule is Cc1cc(N)nc(N2CCN(c3ccccc3Cl)CC2)n1. The van der Waals surface area contributed by atoms with Crippen molar-refractivity contribution in [1.82, 2.24) is 9.97 Å². The maximum Gasteiger partial charge on any atom is 0.227 e. The molecule has 0 spiro atoms. The van der Waals surface area contributed by atoms with Crippen LogP contribution in [-0.4, -0.2) is 36.1 Å². The van der Waals surface area contributed by atoms with Crippen LogP contribution in [0.1, 0.15) is 5.69 Å². The minimum Gasteiger partial charge on any atom is -0.384 e. The topological polar surface area (TPSA) is 58.3 Å². The van der Waals surface area contributed by atoms with Gasteiger partial charge in [0.1, 0.15) is 5.82 Å². The molecule has 1 aromatic carbocycles. The molecule has 0 bridgehead atoms. The van der Waals surface area contributed by atoms with E-state index in [2.05, 4.69) is 25.8 Å². The van der Waals surface area contributed by atoms with Gasteiger partial charge < -0.3 is 15.5 Å². The highest BCUT2D eigenvalue weighted by atomic mass is 35.5. The van der Waals surface area contributed by atoms with E-state index in [-0.39, 0.29) is 0 Å². The van der Waals surface area contributed by atoms with E-state index in [0.29, 0.717) is 11.8 Å². The maximum absolute atomic E-state index is 6.26. The van der Waals surface area contributed by atoms with Crippen molar-refractivity contribution in [3.8, 4) is 0 Å². The third-order valence-corrected chi connectivity index (χ3v) is 3.94. The molecule has 1 aliphatic rings. The number of rotatable bonds is 2. The number of para-hydroxylation sites is 1. The van der Waals surface area contributed by atoms with Crippen molar-refractivity contribution in [2.75, 3.05) is 41.7 Å². The van der Waals surface area contributed by atoms with Crippen LogP contribution >= 0.6 is 11.6 Å². The standard InChI is InChI=1S/C15H18ClN5/c1-11-10-14(17)19-15(18-11)21-8-6-20(7-9-21)13-5-3-2-4-12(13)16/h2-5,10H,6-9H2,1H3,(H2,17,18,19). The lowest BCUT2D eigenvalue weighted by atomic mass is 10.2. The molecule has 0 unspecified atom stereocenters. The number of nitrogens with two attached hydrogens (primary N) is 1. The Balaban J connectivity index is 1.72. The van der Waals surface area contributed by atoms with Crippen molar-refractivity contribution in [1.29, 1.82) is 0 Å². The second kappa shape index (κ2) is 5.77. The van der Waals surface area contributed by atoms with E-state index >= 15 is 0 Å². The number of aromatic nitrogens is 2. The summed E-state index contributed by atoms with van der Waals surface area (Å²) in [6.07, 6.45) is 0. The average Bonchev–Trinajstić information content (AvgIpc) is 2.47. The van der Waals surface area contributed by atoms with Crippen LogP contribution in [0.4, 0.5) is 17.5 Å². The Kier molecular flexibility index (Phi) is 3.84. The van der Waals surface area contributed by atoms with Crippen molar-refractivity contribution in [3.05, 3.63) is 41.0 Å². The van der Waals surface area contributed by atoms with Gasteiger partial charge >= 0.3 is 0 Å². The monoisotopic (exact) mass is 303 g/mol. The molecule has 1 aromatic heterocycles. The van der Waals surface area contributed by atoms with Crippen molar-refractivity contribution in [3.63, 3.8) is 0 Å². The number of nitrogen functional groups attached to an aromatic ring is 1. The normalized spacial score (nSPS) is 15.3. The van der Waals surface area contributed by atoms with Gasteiger partial charge in [0.2, 0.25) is 5.95 Å². The predicted octanol–water partition coefficient (Wildman–Crippen LogP) is 2.35. The second-order valence-electron chi connectivity index (χ2n) is 5.16. The number of hydrogen-bond acceptors (Lipinski definition) is 5. The number of hydrogen-bond donors (Lipinski definition) is 1. The van der Waals surface area contributed by atoms with E-state index in [9.17, 15) is 0 Å². The van der Waals surface area contributed by atoms with Crippen LogP contribution in [0.5, 0.6) is 0 Å². The zero-order chi connectivity index (χ0) is 14.8. The minimum atomic E-state index is 0.519. The van der Waals surface area contributed by atoms with E-state index < -0.39 is 0 Å². The fraction of sp³-hybridized carbons (Fsp3) is 0.333. The highest BCUT2D eigenvalue weighted by Crippen LogP contribution is 2.26. The van der Waals surface area contributed by atoms with Gasteiger partial charge in [-0.2, -0.15) is 4.98 Å². The van der Waals surface area contributed by atoms with Gasteiger partial charge in [0.25, 0.3) is 0 Å². The molecule has 0 radical (unpaired) electrons. The molecule has 0 saturated carbocycles. The van der Waals surface area contributed by atoms with Gasteiger partial charge in [-0.3, -0.25) is 0 Å². The molecular formula is C15H18ClN5. The Bertz CT molecular complexity index is 617. The van der Waals surface area contributed by atoms with Crippen LogP contribution in [0, 0.1) is 6.92 Å². The molecule has 2 N–H and O–H groups in total. The Morgan fingerprint density at radius 2 is 1.71 bits per heavy atom. The first-order valence-electron chi connectivity index (χ1n) is 6.99. The molecule has 0 atom stereocenters. The highest BCUT2D eigenvalue weighted by molar-refractivity contribution is 6.33. The van der Waals surface area contributed by atoms with Gasteiger partial charge in [0, 0.05) is 37.9 Å². The molecule has 1 aliphatic heterocycles. The summed E-state index contributed by atoms with van der Waals surface area (Å²) >= 11 is 6.26. The number of piperazine rings is 1. The zero-order valence-corrected chi connectivity index (χ0v) is 12.7. The first kappa shape index (κ1) is 13.9. The fourth-order valence-corrected chi connectivity index (χ4v) is 2.83. The van der Waals surface area contributed by atoms with Crippen LogP contribution in [0.2, 0.25) is 5.02 Å². The molecule has 3 rings (SSSR count). The smallest absolute Gasteiger partial charge is 0.227 e. The molecule has 0 aliphatic carbocycles. The number of nitrogens with zero attached hydrogens (tertiary/aromatic N) is 4. The molecular weight excluding hydrogens is 286 g/mol. The van der Waals surface area contributed by atoms with Gasteiger partial charge in [-0.25, -0.2) is 4.98 Å². The van der Waals surface area contributed by atoms with Crippen LogP contribution < -0.4 is 15.5 Å². The van der Waals surface area contributed by atoms with E-state index in [0.717, 1.165) is 42.6 Å². The number of anilines is 3. The number of benzene rings is 1. The van der Waals surface area contributed by atoms with Crippen molar-refractivity contribution < 1.29 is 0 Å². The third-order valence-electron chi connectivity index (χ3n) is 3.62. The van der Waals surface area contributed by atoms with Gasteiger partial charge in [-0.1, -0.05) is 23.7 Å². The van der Waals surface area contributed by atoms with Gasteiger partial charge in [0.05, 0.1) is 10.7 Å². The number of halogens is 1. The van der Waals surface area contributed by atoms with E-state index in [1.165, 1.54) is 0 Å². The molecule has 2 heterocycles. The molecule has 2 aromatic rings. The highest BCUT2D eigenvalue weighted by Gasteiger charge is 2.20. The van der Waals surface area contributed by atoms with Crippen molar-refractivity contribution in [2.24, 2.45) is 0 Å². The molecule has 1 saturated heterocycles. The minimum absolute atomic E-state index is 0.519. The van der Waals surface area contributed by atoms with Gasteiger partial charge in [-0.15, -0.1) is 0 Å². The lowest BCUT2D eigenvalue weighted by Crippen LogP contribution is -2.47. The van der Waals surface area contributed by atoms with E-state index in [1.54, 1.807) is 6.07 Å². The lowest BCUT2D eigenvalue weighted by Gasteiger charge is -2.36. The Hall–Kier alpha value is -2.01. The lowest BCUT2D eigenvalue weighted by molar-refractivity contribution is 0.639. The van der Waals surface area contributed by atoms with Gasteiger partial charge in [-0.05, 0) is 19.1 Å². The summed E-state index contributed by atoms with van der Waals surface area (Å²) in [5.74, 6) is 1.23. The first-order valence-corrected chi connectivity index (χ1v) is 7.37. The second-order valence-corrected chi connectivity index (χ2v) is 5.57. The van der Waals surface area contributed by atoms with Crippen LogP contribution in [0.3, 0.4) is 0 Å². The Labute approximate surface area is 129 Å². The van der Waals surface area contributed by atoms with Crippen LogP contribution in [0.15, 0.2) is 30.3 Å². The summed E-state index contributed by atoms with van der Waals surface area (Å²) in [6.45, 7) is 5.42. The van der Waals surface area contributed by atoms with E-state index in [4.69, 9.17) is 17.3 Å². The predicted molar refractivity (Wildman–Crippen MR) is 87.1 cm³/mol. The summed E-state index contributed by atoms with van der Waals surface area (Å²) in [5.41, 5.74) is 7.78. The largest absolute Gasteiger partial charge is 0.384 e. The first-order chi connectivity index (χ1) is 10.1. The molecule has 5 nitrogen and oxygen atoms in total. The molecule has 0 amide bonds.